The van der Waals surface area contributed by atoms with Crippen LogP contribution in [0.4, 0.5) is 0 Å². The molecule has 0 saturated heterocycles. The predicted octanol–water partition coefficient (Wildman–Crippen LogP) is 9.50. The van der Waals surface area contributed by atoms with E-state index >= 15 is 0 Å². The van der Waals surface area contributed by atoms with Crippen molar-refractivity contribution in [2.75, 3.05) is 6.61 Å². The molecule has 2 unspecified atom stereocenters. The average Bonchev–Trinajstić information content (AvgIpc) is 2.95. The highest BCUT2D eigenvalue weighted by Crippen LogP contribution is 2.29. The van der Waals surface area contributed by atoms with E-state index in [2.05, 4.69) is 26.3 Å². The highest BCUT2D eigenvalue weighted by atomic mass is 16.7. The summed E-state index contributed by atoms with van der Waals surface area (Å²) in [7, 11) is 0. The molecule has 3 aromatic carbocycles. The summed E-state index contributed by atoms with van der Waals surface area (Å²) < 4.78 is 18.5. The molecule has 0 heterocycles. The second-order valence-electron chi connectivity index (χ2n) is 8.77. The van der Waals surface area contributed by atoms with Gasteiger partial charge < -0.3 is 14.2 Å². The van der Waals surface area contributed by atoms with E-state index in [0.717, 1.165) is 39.1 Å². The molecular weight excluding hydrogens is 468 g/mol. The molecule has 0 aliphatic heterocycles. The maximum absolute atomic E-state index is 6.35. The average molecular weight is 505 g/mol. The molecule has 194 valence electrons. The van der Waals surface area contributed by atoms with E-state index < -0.39 is 0 Å². The van der Waals surface area contributed by atoms with Gasteiger partial charge in [-0.3, -0.25) is 0 Å². The van der Waals surface area contributed by atoms with Crippen molar-refractivity contribution in [3.8, 4) is 5.75 Å². The van der Waals surface area contributed by atoms with Gasteiger partial charge in [-0.25, -0.2) is 0 Å². The zero-order valence-electron chi connectivity index (χ0n) is 22.3. The molecule has 0 spiro atoms. The first-order valence-electron chi connectivity index (χ1n) is 12.6. The van der Waals surface area contributed by atoms with Crippen molar-refractivity contribution in [1.82, 2.24) is 0 Å². The van der Waals surface area contributed by atoms with E-state index in [-0.39, 0.29) is 12.2 Å². The van der Waals surface area contributed by atoms with Crippen LogP contribution in [0.1, 0.15) is 53.9 Å². The lowest BCUT2D eigenvalue weighted by molar-refractivity contribution is 0.0182. The van der Waals surface area contributed by atoms with Crippen LogP contribution < -0.4 is 4.74 Å². The lowest BCUT2D eigenvalue weighted by Crippen LogP contribution is -2.08. The number of hydrogen-bond donors (Lipinski definition) is 0. The molecule has 0 fully saturated rings. The van der Waals surface area contributed by atoms with Gasteiger partial charge in [0.25, 0.3) is 5.95 Å². The summed E-state index contributed by atoms with van der Waals surface area (Å²) in [5.74, 6) is 1.18. The van der Waals surface area contributed by atoms with Gasteiger partial charge >= 0.3 is 0 Å². The summed E-state index contributed by atoms with van der Waals surface area (Å²) in [6, 6.07) is 23.9. The number of benzene rings is 3. The van der Waals surface area contributed by atoms with Crippen LogP contribution in [-0.4, -0.2) is 6.61 Å². The molecule has 3 nitrogen and oxygen atoms in total. The Labute approximate surface area is 227 Å². The molecule has 0 radical (unpaired) electrons. The van der Waals surface area contributed by atoms with Gasteiger partial charge in [0.2, 0.25) is 0 Å². The first-order valence-corrected chi connectivity index (χ1v) is 12.6. The van der Waals surface area contributed by atoms with Crippen LogP contribution in [0.3, 0.4) is 0 Å². The number of rotatable bonds is 14. The summed E-state index contributed by atoms with van der Waals surface area (Å²) in [4.78, 5) is 0. The maximum atomic E-state index is 6.35. The predicted molar refractivity (Wildman–Crippen MR) is 160 cm³/mol. The first-order chi connectivity index (χ1) is 18.5. The normalized spacial score (nSPS) is 12.8. The first kappa shape index (κ1) is 28.1. The molecule has 0 aromatic heterocycles. The van der Waals surface area contributed by atoms with Crippen LogP contribution in [0.15, 0.2) is 129 Å². The van der Waals surface area contributed by atoms with E-state index in [1.54, 1.807) is 12.2 Å². The summed E-state index contributed by atoms with van der Waals surface area (Å²) in [6.07, 6.45) is 10.5. The number of allylic oxidation sites excluding steroid dienone is 1. The van der Waals surface area contributed by atoms with Crippen molar-refractivity contribution in [3.05, 3.63) is 157 Å². The lowest BCUT2D eigenvalue weighted by Gasteiger charge is -2.22. The lowest BCUT2D eigenvalue weighted by atomic mass is 10.0. The van der Waals surface area contributed by atoms with Gasteiger partial charge in [-0.15, -0.1) is 0 Å². The van der Waals surface area contributed by atoms with Gasteiger partial charge in [-0.05, 0) is 65.4 Å². The standard InChI is InChI=1S/C35H36O3/c1-7-11-24-36-34(38-35(26(5)6)31-20-12-27(8-2)13-21-31)25-29-14-18-30(19-15-29)33(10-4)37-32-22-16-28(9-3)17-23-32/h7-23,25,33,35H,2-5,24H2,1,6H3. The quantitative estimate of drug-likeness (QED) is 0.162. The Bertz CT molecular complexity index is 1280. The Morgan fingerprint density at radius 1 is 0.789 bits per heavy atom. The fraction of sp³-hybridized carbons (Fsp3) is 0.143. The van der Waals surface area contributed by atoms with Crippen LogP contribution in [-0.2, 0) is 9.47 Å². The minimum atomic E-state index is -0.351. The summed E-state index contributed by atoms with van der Waals surface area (Å²) in [5, 5.41) is 0. The summed E-state index contributed by atoms with van der Waals surface area (Å²) in [5.41, 5.74) is 5.88. The van der Waals surface area contributed by atoms with Gasteiger partial charge in [-0.2, -0.15) is 0 Å². The number of ether oxygens (including phenoxy) is 3. The van der Waals surface area contributed by atoms with Crippen molar-refractivity contribution >= 4 is 18.2 Å². The molecule has 0 N–H and O–H groups in total. The zero-order chi connectivity index (χ0) is 27.3. The number of hydrogen-bond acceptors (Lipinski definition) is 3. The van der Waals surface area contributed by atoms with Crippen LogP contribution in [0.2, 0.25) is 0 Å². The molecule has 38 heavy (non-hydrogen) atoms. The minimum Gasteiger partial charge on any atom is -0.482 e. The van der Waals surface area contributed by atoms with Gasteiger partial charge in [-0.1, -0.05) is 111 Å². The highest BCUT2D eigenvalue weighted by molar-refractivity contribution is 5.52. The molecule has 3 heteroatoms. The van der Waals surface area contributed by atoms with E-state index in [1.807, 2.05) is 111 Å². The molecule has 0 bridgehead atoms. The minimum absolute atomic E-state index is 0.282. The molecular formula is C35H36O3. The van der Waals surface area contributed by atoms with E-state index in [4.69, 9.17) is 14.2 Å². The van der Waals surface area contributed by atoms with Crippen LogP contribution in [0, 0.1) is 0 Å². The Morgan fingerprint density at radius 3 is 1.87 bits per heavy atom. The van der Waals surface area contributed by atoms with E-state index in [0.29, 0.717) is 12.6 Å². The molecule has 0 saturated carbocycles. The van der Waals surface area contributed by atoms with Gasteiger partial charge in [0.15, 0.2) is 0 Å². The van der Waals surface area contributed by atoms with Gasteiger partial charge in [0, 0.05) is 6.08 Å². The third kappa shape index (κ3) is 8.01. The van der Waals surface area contributed by atoms with Crippen LogP contribution in [0.5, 0.6) is 5.75 Å². The smallest absolute Gasteiger partial charge is 0.280 e. The third-order valence-corrected chi connectivity index (χ3v) is 5.86. The molecule has 3 rings (SSSR count). The van der Waals surface area contributed by atoms with E-state index in [1.165, 1.54) is 0 Å². The van der Waals surface area contributed by atoms with Crippen LogP contribution >= 0.6 is 0 Å². The molecule has 3 aromatic rings. The fourth-order valence-corrected chi connectivity index (χ4v) is 3.71. The van der Waals surface area contributed by atoms with Crippen molar-refractivity contribution in [3.63, 3.8) is 0 Å². The van der Waals surface area contributed by atoms with Crippen molar-refractivity contribution in [2.24, 2.45) is 0 Å². The topological polar surface area (TPSA) is 27.7 Å². The SMILES string of the molecule is C=Cc1ccc(OC(C=C)c2ccc(C=C(OCC=CC)OC(C(=C)C)c3ccc(C=C)cc3)cc2)cc1. The van der Waals surface area contributed by atoms with Gasteiger partial charge in [0.1, 0.15) is 24.6 Å². The highest BCUT2D eigenvalue weighted by Gasteiger charge is 2.17. The monoisotopic (exact) mass is 504 g/mol. The van der Waals surface area contributed by atoms with Gasteiger partial charge in [0.05, 0.1) is 0 Å². The summed E-state index contributed by atoms with van der Waals surface area (Å²) in [6.45, 7) is 20.0. The summed E-state index contributed by atoms with van der Waals surface area (Å²) >= 11 is 0. The van der Waals surface area contributed by atoms with Crippen molar-refractivity contribution < 1.29 is 14.2 Å². The molecule has 0 amide bonds. The Balaban J connectivity index is 1.81. The molecule has 0 aliphatic carbocycles. The third-order valence-electron chi connectivity index (χ3n) is 5.86. The second-order valence-corrected chi connectivity index (χ2v) is 8.77. The Kier molecular flexibility index (Phi) is 10.6. The fourth-order valence-electron chi connectivity index (χ4n) is 3.71. The molecule has 2 atom stereocenters. The maximum Gasteiger partial charge on any atom is 0.280 e. The van der Waals surface area contributed by atoms with Crippen molar-refractivity contribution in [1.29, 1.82) is 0 Å². The van der Waals surface area contributed by atoms with Crippen LogP contribution in [0.25, 0.3) is 18.2 Å². The zero-order valence-corrected chi connectivity index (χ0v) is 22.3. The van der Waals surface area contributed by atoms with Crippen molar-refractivity contribution in [2.45, 2.75) is 26.1 Å². The largest absolute Gasteiger partial charge is 0.482 e. The molecule has 0 aliphatic rings. The Morgan fingerprint density at radius 2 is 1.34 bits per heavy atom. The Hall–Kier alpha value is -4.50. The van der Waals surface area contributed by atoms with E-state index in [9.17, 15) is 0 Å². The second kappa shape index (κ2) is 14.3.